The molecule has 4 nitrogen and oxygen atoms in total. The van der Waals surface area contributed by atoms with E-state index in [4.69, 9.17) is 15.0 Å². The summed E-state index contributed by atoms with van der Waals surface area (Å²) in [4.78, 5) is 18.9. The standard InChI is InChI=1S/C33H24N4/c1-23-15-16-30(22-34-23)25-19-17-24(18-20-25)28-13-8-14-29(21-28)33-36-31(26-9-4-2-5-10-26)35-32(37-33)27-11-6-3-7-12-27/h2-22H,1H3. The summed E-state index contributed by atoms with van der Waals surface area (Å²) < 4.78 is 0. The molecule has 6 rings (SSSR count). The Kier molecular flexibility index (Phi) is 6.05. The molecule has 0 unspecified atom stereocenters. The van der Waals surface area contributed by atoms with Gasteiger partial charge in [0.05, 0.1) is 0 Å². The quantitative estimate of drug-likeness (QED) is 0.254. The van der Waals surface area contributed by atoms with E-state index in [1.165, 1.54) is 0 Å². The van der Waals surface area contributed by atoms with Crippen molar-refractivity contribution in [3.05, 3.63) is 133 Å². The van der Waals surface area contributed by atoms with Gasteiger partial charge in [0.25, 0.3) is 0 Å². The predicted molar refractivity (Wildman–Crippen MR) is 150 cm³/mol. The Bertz CT molecular complexity index is 1590. The Balaban J connectivity index is 1.39. The summed E-state index contributed by atoms with van der Waals surface area (Å²) in [5.41, 5.74) is 8.37. The molecule has 4 aromatic carbocycles. The van der Waals surface area contributed by atoms with E-state index in [2.05, 4.69) is 59.6 Å². The number of rotatable bonds is 5. The number of hydrogen-bond donors (Lipinski definition) is 0. The minimum Gasteiger partial charge on any atom is -0.261 e. The average molecular weight is 477 g/mol. The molecule has 37 heavy (non-hydrogen) atoms. The highest BCUT2D eigenvalue weighted by atomic mass is 15.0. The molecule has 2 heterocycles. The summed E-state index contributed by atoms with van der Waals surface area (Å²) in [6.07, 6.45) is 1.92. The fourth-order valence-corrected chi connectivity index (χ4v) is 4.27. The second-order valence-electron chi connectivity index (χ2n) is 8.88. The second-order valence-corrected chi connectivity index (χ2v) is 8.88. The third kappa shape index (κ3) is 4.91. The molecule has 0 aliphatic rings. The molecule has 6 aromatic rings. The maximum Gasteiger partial charge on any atom is 0.164 e. The molecular formula is C33H24N4. The first-order valence-corrected chi connectivity index (χ1v) is 12.2. The van der Waals surface area contributed by atoms with Crippen molar-refractivity contribution in [2.75, 3.05) is 0 Å². The summed E-state index contributed by atoms with van der Waals surface area (Å²) in [6.45, 7) is 2.00. The van der Waals surface area contributed by atoms with Gasteiger partial charge in [-0.3, -0.25) is 4.98 Å². The van der Waals surface area contributed by atoms with E-state index in [0.29, 0.717) is 17.5 Å². The van der Waals surface area contributed by atoms with Crippen LogP contribution in [0.2, 0.25) is 0 Å². The van der Waals surface area contributed by atoms with Crippen LogP contribution in [0, 0.1) is 6.92 Å². The lowest BCUT2D eigenvalue weighted by molar-refractivity contribution is 1.07. The van der Waals surface area contributed by atoms with E-state index in [1.54, 1.807) is 0 Å². The molecule has 0 aliphatic carbocycles. The number of hydrogen-bond acceptors (Lipinski definition) is 4. The molecule has 0 saturated carbocycles. The van der Waals surface area contributed by atoms with Crippen molar-refractivity contribution >= 4 is 0 Å². The zero-order chi connectivity index (χ0) is 25.0. The van der Waals surface area contributed by atoms with Crippen molar-refractivity contribution in [1.82, 2.24) is 19.9 Å². The first kappa shape index (κ1) is 22.5. The highest BCUT2D eigenvalue weighted by Crippen LogP contribution is 2.29. The van der Waals surface area contributed by atoms with Gasteiger partial charge in [0.1, 0.15) is 0 Å². The Morgan fingerprint density at radius 2 is 0.838 bits per heavy atom. The van der Waals surface area contributed by atoms with Crippen molar-refractivity contribution in [2.45, 2.75) is 6.92 Å². The van der Waals surface area contributed by atoms with Gasteiger partial charge >= 0.3 is 0 Å². The van der Waals surface area contributed by atoms with Crippen LogP contribution >= 0.6 is 0 Å². The Labute approximate surface area is 216 Å². The van der Waals surface area contributed by atoms with E-state index in [0.717, 1.165) is 44.6 Å². The fourth-order valence-electron chi connectivity index (χ4n) is 4.27. The van der Waals surface area contributed by atoms with Crippen LogP contribution in [0.1, 0.15) is 5.69 Å². The van der Waals surface area contributed by atoms with Gasteiger partial charge in [-0.25, -0.2) is 15.0 Å². The number of aryl methyl sites for hydroxylation is 1. The number of nitrogens with zero attached hydrogens (tertiary/aromatic N) is 4. The van der Waals surface area contributed by atoms with Gasteiger partial charge in [0, 0.05) is 34.1 Å². The van der Waals surface area contributed by atoms with Crippen molar-refractivity contribution in [1.29, 1.82) is 0 Å². The molecule has 0 atom stereocenters. The van der Waals surface area contributed by atoms with Gasteiger partial charge in [-0.1, -0.05) is 109 Å². The smallest absolute Gasteiger partial charge is 0.164 e. The van der Waals surface area contributed by atoms with Crippen LogP contribution in [-0.2, 0) is 0 Å². The normalized spacial score (nSPS) is 10.8. The van der Waals surface area contributed by atoms with E-state index in [1.807, 2.05) is 79.9 Å². The minimum absolute atomic E-state index is 0.650. The van der Waals surface area contributed by atoms with Crippen molar-refractivity contribution in [3.63, 3.8) is 0 Å². The van der Waals surface area contributed by atoms with Crippen LogP contribution in [0.3, 0.4) is 0 Å². The first-order chi connectivity index (χ1) is 18.2. The summed E-state index contributed by atoms with van der Waals surface area (Å²) in [6, 6.07) is 41.1. The molecule has 176 valence electrons. The molecule has 0 saturated heterocycles. The highest BCUT2D eigenvalue weighted by Gasteiger charge is 2.12. The summed E-state index contributed by atoms with van der Waals surface area (Å²) >= 11 is 0. The van der Waals surface area contributed by atoms with Crippen molar-refractivity contribution < 1.29 is 0 Å². The molecule has 0 aliphatic heterocycles. The fraction of sp³-hybridized carbons (Fsp3) is 0.0303. The van der Waals surface area contributed by atoms with Gasteiger partial charge in [-0.15, -0.1) is 0 Å². The third-order valence-electron chi connectivity index (χ3n) is 6.28. The van der Waals surface area contributed by atoms with Crippen LogP contribution in [0.4, 0.5) is 0 Å². The average Bonchev–Trinajstić information content (AvgIpc) is 2.98. The van der Waals surface area contributed by atoms with Crippen LogP contribution in [0.15, 0.2) is 128 Å². The summed E-state index contributed by atoms with van der Waals surface area (Å²) in [5.74, 6) is 1.97. The molecule has 2 aromatic heterocycles. The van der Waals surface area contributed by atoms with Crippen LogP contribution < -0.4 is 0 Å². The molecule has 0 N–H and O–H groups in total. The van der Waals surface area contributed by atoms with Crippen LogP contribution in [0.25, 0.3) is 56.4 Å². The van der Waals surface area contributed by atoms with E-state index >= 15 is 0 Å². The highest BCUT2D eigenvalue weighted by molar-refractivity contribution is 5.74. The molecule has 0 radical (unpaired) electrons. The van der Waals surface area contributed by atoms with Crippen LogP contribution in [-0.4, -0.2) is 19.9 Å². The van der Waals surface area contributed by atoms with Crippen molar-refractivity contribution in [3.8, 4) is 56.4 Å². The lowest BCUT2D eigenvalue weighted by atomic mass is 9.99. The Morgan fingerprint density at radius 1 is 0.378 bits per heavy atom. The molecule has 0 bridgehead atoms. The number of pyridine rings is 1. The largest absolute Gasteiger partial charge is 0.261 e. The zero-order valence-electron chi connectivity index (χ0n) is 20.4. The topological polar surface area (TPSA) is 51.6 Å². The third-order valence-corrected chi connectivity index (χ3v) is 6.28. The number of aromatic nitrogens is 4. The van der Waals surface area contributed by atoms with Crippen LogP contribution in [0.5, 0.6) is 0 Å². The maximum absolute atomic E-state index is 4.87. The second kappa shape index (κ2) is 9.96. The maximum atomic E-state index is 4.87. The monoisotopic (exact) mass is 476 g/mol. The summed E-state index contributed by atoms with van der Waals surface area (Å²) in [7, 11) is 0. The molecular weight excluding hydrogens is 452 g/mol. The van der Waals surface area contributed by atoms with E-state index in [9.17, 15) is 0 Å². The van der Waals surface area contributed by atoms with E-state index < -0.39 is 0 Å². The number of benzene rings is 4. The van der Waals surface area contributed by atoms with Gasteiger partial charge in [0.2, 0.25) is 0 Å². The van der Waals surface area contributed by atoms with Gasteiger partial charge < -0.3 is 0 Å². The van der Waals surface area contributed by atoms with Gasteiger partial charge in [0.15, 0.2) is 17.5 Å². The molecule has 4 heteroatoms. The molecule has 0 amide bonds. The lowest BCUT2D eigenvalue weighted by Gasteiger charge is -2.10. The SMILES string of the molecule is Cc1ccc(-c2ccc(-c3cccc(-c4nc(-c5ccccc5)nc(-c5ccccc5)n4)c3)cc2)cn1. The van der Waals surface area contributed by atoms with E-state index in [-0.39, 0.29) is 0 Å². The molecule has 0 fully saturated rings. The Hall–Kier alpha value is -4.96. The predicted octanol–water partition coefficient (Wildman–Crippen LogP) is 7.91. The summed E-state index contributed by atoms with van der Waals surface area (Å²) in [5, 5.41) is 0. The van der Waals surface area contributed by atoms with Gasteiger partial charge in [-0.05, 0) is 35.7 Å². The first-order valence-electron chi connectivity index (χ1n) is 12.2. The minimum atomic E-state index is 0.650. The Morgan fingerprint density at radius 3 is 1.38 bits per heavy atom. The molecule has 0 spiro atoms. The van der Waals surface area contributed by atoms with Crippen molar-refractivity contribution in [2.24, 2.45) is 0 Å². The zero-order valence-corrected chi connectivity index (χ0v) is 20.4. The lowest BCUT2D eigenvalue weighted by Crippen LogP contribution is -2.00. The van der Waals surface area contributed by atoms with Gasteiger partial charge in [-0.2, -0.15) is 0 Å².